The van der Waals surface area contributed by atoms with E-state index in [1.165, 1.54) is 0 Å². The molecular weight excluding hydrogens is 415 g/mol. The number of nitrogens with zero attached hydrogens (tertiary/aromatic N) is 2. The van der Waals surface area contributed by atoms with Gasteiger partial charge in [0.1, 0.15) is 11.5 Å². The minimum Gasteiger partial charge on any atom is -0.494 e. The Morgan fingerprint density at radius 1 is 0.897 bits per heavy atom. The highest BCUT2D eigenvalue weighted by atomic mass is 35.5. The Morgan fingerprint density at radius 2 is 1.48 bits per heavy atom. The van der Waals surface area contributed by atoms with E-state index >= 15 is 0 Å². The van der Waals surface area contributed by atoms with Crippen LogP contribution in [0.3, 0.4) is 0 Å². The third-order valence-electron chi connectivity index (χ3n) is 4.58. The van der Waals surface area contributed by atoms with Crippen LogP contribution in [0.1, 0.15) is 17.3 Å². The van der Waals surface area contributed by atoms with Crippen molar-refractivity contribution in [1.29, 1.82) is 0 Å². The molecule has 0 radical (unpaired) electrons. The second kappa shape index (κ2) is 9.85. The molecule has 1 saturated heterocycles. The lowest BCUT2D eigenvalue weighted by molar-refractivity contribution is -0.134. The van der Waals surface area contributed by atoms with Gasteiger partial charge in [-0.05, 0) is 49.4 Å². The van der Waals surface area contributed by atoms with Crippen LogP contribution in [-0.2, 0) is 4.79 Å². The molecule has 0 aromatic heterocycles. The first-order chi connectivity index (χ1) is 14.0. The SMILES string of the molecule is CCOc1ccc(OCC(=O)N2CCN(C(=O)c3ccc(Cl)cc3Cl)CC2)cc1. The maximum absolute atomic E-state index is 12.7. The molecule has 6 nitrogen and oxygen atoms in total. The van der Waals surface area contributed by atoms with Crippen molar-refractivity contribution in [2.75, 3.05) is 39.4 Å². The summed E-state index contributed by atoms with van der Waals surface area (Å²) in [5, 5.41) is 0.805. The van der Waals surface area contributed by atoms with Crippen LogP contribution < -0.4 is 9.47 Å². The summed E-state index contributed by atoms with van der Waals surface area (Å²) in [6.45, 7) is 4.23. The summed E-state index contributed by atoms with van der Waals surface area (Å²) in [6, 6.07) is 11.9. The van der Waals surface area contributed by atoms with Crippen molar-refractivity contribution in [3.05, 3.63) is 58.1 Å². The fraction of sp³-hybridized carbons (Fsp3) is 0.333. The van der Waals surface area contributed by atoms with Gasteiger partial charge in [-0.1, -0.05) is 23.2 Å². The molecule has 0 atom stereocenters. The highest BCUT2D eigenvalue weighted by molar-refractivity contribution is 6.36. The third kappa shape index (κ3) is 5.55. The van der Waals surface area contributed by atoms with Crippen LogP contribution in [0.25, 0.3) is 0 Å². The monoisotopic (exact) mass is 436 g/mol. The number of carbonyl (C=O) groups is 2. The summed E-state index contributed by atoms with van der Waals surface area (Å²) in [4.78, 5) is 28.5. The van der Waals surface area contributed by atoms with Gasteiger partial charge in [-0.15, -0.1) is 0 Å². The Hall–Kier alpha value is -2.44. The zero-order chi connectivity index (χ0) is 20.8. The van der Waals surface area contributed by atoms with Crippen LogP contribution in [0, 0.1) is 0 Å². The first kappa shape index (κ1) is 21.3. The van der Waals surface area contributed by atoms with Gasteiger partial charge in [-0.2, -0.15) is 0 Å². The van der Waals surface area contributed by atoms with Crippen LogP contribution in [-0.4, -0.2) is 61.0 Å². The minimum atomic E-state index is -0.163. The molecule has 1 fully saturated rings. The van der Waals surface area contributed by atoms with Gasteiger partial charge in [-0.25, -0.2) is 0 Å². The van der Waals surface area contributed by atoms with E-state index in [9.17, 15) is 9.59 Å². The average molecular weight is 437 g/mol. The molecule has 0 aliphatic carbocycles. The zero-order valence-electron chi connectivity index (χ0n) is 16.1. The predicted molar refractivity (Wildman–Crippen MR) is 112 cm³/mol. The number of ether oxygens (including phenoxy) is 2. The molecule has 154 valence electrons. The quantitative estimate of drug-likeness (QED) is 0.691. The summed E-state index contributed by atoms with van der Waals surface area (Å²) in [7, 11) is 0. The maximum atomic E-state index is 12.7. The van der Waals surface area contributed by atoms with Crippen molar-refractivity contribution >= 4 is 35.0 Å². The van der Waals surface area contributed by atoms with Gasteiger partial charge in [0.15, 0.2) is 6.61 Å². The number of benzene rings is 2. The van der Waals surface area contributed by atoms with Crippen molar-refractivity contribution < 1.29 is 19.1 Å². The number of rotatable bonds is 6. The Balaban J connectivity index is 1.48. The lowest BCUT2D eigenvalue weighted by atomic mass is 10.1. The molecule has 2 amide bonds. The molecule has 0 saturated carbocycles. The predicted octanol–water partition coefficient (Wildman–Crippen LogP) is 3.76. The van der Waals surface area contributed by atoms with Gasteiger partial charge in [0.25, 0.3) is 11.8 Å². The van der Waals surface area contributed by atoms with Gasteiger partial charge >= 0.3 is 0 Å². The van der Waals surface area contributed by atoms with Crippen LogP contribution in [0.2, 0.25) is 10.0 Å². The number of hydrogen-bond donors (Lipinski definition) is 0. The Morgan fingerprint density at radius 3 is 2.07 bits per heavy atom. The highest BCUT2D eigenvalue weighted by Crippen LogP contribution is 2.23. The van der Waals surface area contributed by atoms with Gasteiger partial charge in [0.05, 0.1) is 17.2 Å². The number of halogens is 2. The number of hydrogen-bond acceptors (Lipinski definition) is 4. The number of piperazine rings is 1. The van der Waals surface area contributed by atoms with E-state index in [-0.39, 0.29) is 18.4 Å². The molecule has 2 aromatic carbocycles. The van der Waals surface area contributed by atoms with E-state index in [0.717, 1.165) is 5.75 Å². The first-order valence-corrected chi connectivity index (χ1v) is 10.1. The van der Waals surface area contributed by atoms with Gasteiger partial charge < -0.3 is 19.3 Å². The van der Waals surface area contributed by atoms with Crippen LogP contribution in [0.4, 0.5) is 0 Å². The molecule has 1 aliphatic heterocycles. The molecule has 1 heterocycles. The van der Waals surface area contributed by atoms with E-state index in [4.69, 9.17) is 32.7 Å². The van der Waals surface area contributed by atoms with Crippen molar-refractivity contribution in [2.24, 2.45) is 0 Å². The molecule has 0 bridgehead atoms. The summed E-state index contributed by atoms with van der Waals surface area (Å²) >= 11 is 12.0. The molecule has 1 aliphatic rings. The van der Waals surface area contributed by atoms with Crippen molar-refractivity contribution in [3.63, 3.8) is 0 Å². The van der Waals surface area contributed by atoms with Gasteiger partial charge in [0.2, 0.25) is 0 Å². The molecule has 0 N–H and O–H groups in total. The summed E-state index contributed by atoms with van der Waals surface area (Å²) in [5.74, 6) is 1.08. The Kier molecular flexibility index (Phi) is 7.23. The second-order valence-electron chi connectivity index (χ2n) is 6.49. The van der Waals surface area contributed by atoms with Crippen LogP contribution in [0.5, 0.6) is 11.5 Å². The Bertz CT molecular complexity index is 865. The smallest absolute Gasteiger partial charge is 0.260 e. The second-order valence-corrected chi connectivity index (χ2v) is 7.33. The molecule has 3 rings (SSSR count). The lowest BCUT2D eigenvalue weighted by Gasteiger charge is -2.34. The van der Waals surface area contributed by atoms with Crippen LogP contribution >= 0.6 is 23.2 Å². The Labute approximate surface area is 179 Å². The molecular formula is C21H22Cl2N2O4. The first-order valence-electron chi connectivity index (χ1n) is 9.35. The van der Waals surface area contributed by atoms with E-state index in [2.05, 4.69) is 0 Å². The summed E-state index contributed by atoms with van der Waals surface area (Å²) in [5.41, 5.74) is 0.412. The van der Waals surface area contributed by atoms with E-state index < -0.39 is 0 Å². The molecule has 8 heteroatoms. The average Bonchev–Trinajstić information content (AvgIpc) is 2.73. The van der Waals surface area contributed by atoms with Crippen molar-refractivity contribution in [3.8, 4) is 11.5 Å². The molecule has 29 heavy (non-hydrogen) atoms. The van der Waals surface area contributed by atoms with E-state index in [1.807, 2.05) is 6.92 Å². The van der Waals surface area contributed by atoms with Crippen molar-refractivity contribution in [1.82, 2.24) is 9.80 Å². The summed E-state index contributed by atoms with van der Waals surface area (Å²) < 4.78 is 10.9. The maximum Gasteiger partial charge on any atom is 0.260 e. The largest absolute Gasteiger partial charge is 0.494 e. The van der Waals surface area contributed by atoms with Gasteiger partial charge in [0, 0.05) is 31.2 Å². The fourth-order valence-corrected chi connectivity index (χ4v) is 3.52. The third-order valence-corrected chi connectivity index (χ3v) is 5.13. The van der Waals surface area contributed by atoms with E-state index in [1.54, 1.807) is 52.3 Å². The normalized spacial score (nSPS) is 13.9. The molecule has 0 unspecified atom stereocenters. The lowest BCUT2D eigenvalue weighted by Crippen LogP contribution is -2.51. The standard InChI is InChI=1S/C21H22Cl2N2O4/c1-2-28-16-4-6-17(7-5-16)29-14-20(26)24-9-11-25(12-10-24)21(27)18-8-3-15(22)13-19(18)23/h3-8,13H,2,9-12,14H2,1H3. The summed E-state index contributed by atoms with van der Waals surface area (Å²) in [6.07, 6.45) is 0. The van der Waals surface area contributed by atoms with Crippen molar-refractivity contribution in [2.45, 2.75) is 6.92 Å². The number of amides is 2. The number of carbonyl (C=O) groups excluding carboxylic acids is 2. The minimum absolute atomic E-state index is 0.0507. The fourth-order valence-electron chi connectivity index (χ4n) is 3.03. The topological polar surface area (TPSA) is 59.1 Å². The highest BCUT2D eigenvalue weighted by Gasteiger charge is 2.26. The van der Waals surface area contributed by atoms with Gasteiger partial charge in [-0.3, -0.25) is 9.59 Å². The zero-order valence-corrected chi connectivity index (χ0v) is 17.6. The van der Waals surface area contributed by atoms with Crippen LogP contribution in [0.15, 0.2) is 42.5 Å². The molecule has 2 aromatic rings. The molecule has 0 spiro atoms. The van der Waals surface area contributed by atoms with E-state index in [0.29, 0.717) is 54.1 Å².